The Morgan fingerprint density at radius 2 is 2.09 bits per heavy atom. The second-order valence-corrected chi connectivity index (χ2v) is 8.38. The predicted octanol–water partition coefficient (Wildman–Crippen LogP) is 4.82. The van der Waals surface area contributed by atoms with E-state index in [4.69, 9.17) is 9.47 Å². The number of fused-ring (bicyclic) bond motifs is 1. The molecule has 10 heteroatoms. The lowest BCUT2D eigenvalue weighted by atomic mass is 9.95. The van der Waals surface area contributed by atoms with Crippen LogP contribution in [0.15, 0.2) is 6.07 Å². The smallest absolute Gasteiger partial charge is 0.297 e. The van der Waals surface area contributed by atoms with Gasteiger partial charge in [-0.2, -0.15) is 4.98 Å². The molecular weight excluding hydrogens is 432 g/mol. The minimum atomic E-state index is -2.81. The molecule has 32 heavy (non-hydrogen) atoms. The van der Waals surface area contributed by atoms with Gasteiger partial charge < -0.3 is 19.0 Å². The Morgan fingerprint density at radius 3 is 2.72 bits per heavy atom. The van der Waals surface area contributed by atoms with Crippen LogP contribution < -0.4 is 9.47 Å². The number of benzene rings is 1. The molecule has 0 N–H and O–H groups in total. The van der Waals surface area contributed by atoms with Crippen LogP contribution in [0.25, 0.3) is 11.0 Å². The van der Waals surface area contributed by atoms with Crippen molar-refractivity contribution in [1.82, 2.24) is 9.55 Å². The minimum Gasteiger partial charge on any atom is -0.484 e. The van der Waals surface area contributed by atoms with Crippen molar-refractivity contribution in [2.24, 2.45) is 13.0 Å². The number of ketones is 1. The lowest BCUT2D eigenvalue weighted by molar-refractivity contribution is -0.117. The molecule has 1 fully saturated rings. The normalized spacial score (nSPS) is 20.0. The van der Waals surface area contributed by atoms with E-state index in [1.807, 2.05) is 6.92 Å². The van der Waals surface area contributed by atoms with Gasteiger partial charge in [0.05, 0.1) is 12.7 Å². The molecule has 2 aromatic rings. The minimum absolute atomic E-state index is 0.00550. The van der Waals surface area contributed by atoms with Gasteiger partial charge in [-0.15, -0.1) is 0 Å². The average molecular weight is 460 g/mol. The van der Waals surface area contributed by atoms with E-state index >= 15 is 0 Å². The number of halogens is 4. The number of carbonyl (C=O) groups is 1. The van der Waals surface area contributed by atoms with Crippen molar-refractivity contribution in [3.05, 3.63) is 17.7 Å². The first-order valence-electron chi connectivity index (χ1n) is 10.7. The van der Waals surface area contributed by atoms with Gasteiger partial charge in [-0.1, -0.05) is 6.92 Å². The van der Waals surface area contributed by atoms with Crippen molar-refractivity contribution in [2.75, 3.05) is 13.2 Å². The fraction of sp³-hybridized carbons (Fsp3) is 0.636. The Kier molecular flexibility index (Phi) is 7.97. The molecule has 3 rings (SSSR count). The molecule has 0 bridgehead atoms. The monoisotopic (exact) mass is 460 g/mol. The quantitative estimate of drug-likeness (QED) is 0.476. The number of Topliss-reactive ketones (excluding diaryl/α,β-unsaturated/α-hetero) is 1. The van der Waals surface area contributed by atoms with Gasteiger partial charge >= 0.3 is 0 Å². The summed E-state index contributed by atoms with van der Waals surface area (Å²) in [6, 6.07) is 0.712. The van der Waals surface area contributed by atoms with Crippen molar-refractivity contribution >= 4 is 16.8 Å². The van der Waals surface area contributed by atoms with Gasteiger partial charge in [0.1, 0.15) is 29.5 Å². The summed E-state index contributed by atoms with van der Waals surface area (Å²) in [4.78, 5) is 15.2. The van der Waals surface area contributed by atoms with Gasteiger partial charge in [0.15, 0.2) is 17.4 Å². The summed E-state index contributed by atoms with van der Waals surface area (Å²) >= 11 is 0. The number of aromatic nitrogens is 2. The zero-order valence-corrected chi connectivity index (χ0v) is 18.4. The molecule has 0 saturated carbocycles. The Morgan fingerprint density at radius 1 is 1.34 bits per heavy atom. The molecule has 1 aliphatic heterocycles. The molecule has 0 spiro atoms. The van der Waals surface area contributed by atoms with E-state index in [-0.39, 0.29) is 35.0 Å². The summed E-state index contributed by atoms with van der Waals surface area (Å²) in [5.41, 5.74) is -0.489. The number of nitrogens with zero attached hydrogens (tertiary/aromatic N) is 2. The van der Waals surface area contributed by atoms with E-state index in [0.29, 0.717) is 31.4 Å². The van der Waals surface area contributed by atoms with E-state index < -0.39 is 30.4 Å². The number of imidazole rings is 1. The largest absolute Gasteiger partial charge is 0.484 e. The van der Waals surface area contributed by atoms with Crippen LogP contribution >= 0.6 is 0 Å². The van der Waals surface area contributed by atoms with Crippen molar-refractivity contribution < 1.29 is 36.6 Å². The third kappa shape index (κ3) is 5.90. The van der Waals surface area contributed by atoms with Crippen molar-refractivity contribution in [3.8, 4) is 11.8 Å². The van der Waals surface area contributed by atoms with Crippen molar-refractivity contribution in [1.29, 1.82) is 0 Å². The van der Waals surface area contributed by atoms with Gasteiger partial charge in [0.25, 0.3) is 12.4 Å². The molecule has 178 valence electrons. The second kappa shape index (κ2) is 10.5. The van der Waals surface area contributed by atoms with Crippen molar-refractivity contribution in [3.63, 3.8) is 0 Å². The lowest BCUT2D eigenvalue weighted by Crippen LogP contribution is -2.34. The number of carbonyl (C=O) groups excluding carboxylic acids is 1. The van der Waals surface area contributed by atoms with Crippen LogP contribution in [-0.2, 0) is 16.6 Å². The van der Waals surface area contributed by atoms with E-state index in [1.54, 1.807) is 6.92 Å². The van der Waals surface area contributed by atoms with Crippen LogP contribution in [0.4, 0.5) is 17.6 Å². The van der Waals surface area contributed by atoms with Gasteiger partial charge in [-0.3, -0.25) is 4.57 Å². The number of hydrogen-bond acceptors (Lipinski definition) is 5. The molecule has 0 amide bonds. The van der Waals surface area contributed by atoms with E-state index in [9.17, 15) is 22.4 Å². The molecular formula is C22H28F4N2O4. The number of ether oxygens (including phenoxy) is 3. The van der Waals surface area contributed by atoms with Crippen molar-refractivity contribution in [2.45, 2.75) is 64.6 Å². The molecule has 1 aromatic carbocycles. The maximum atomic E-state index is 14.7. The van der Waals surface area contributed by atoms with E-state index in [2.05, 4.69) is 9.72 Å². The Hall–Kier alpha value is -2.36. The first kappa shape index (κ1) is 24.3. The summed E-state index contributed by atoms with van der Waals surface area (Å²) < 4.78 is 71.5. The SMILES string of the molecule is CC(=O)C[C@@H](C)CC[C@@H]1CC[C@@H](Oc2nc3c(F)cc(OCC(F)F)c(F)c3n2C)CO1. The number of aryl methyl sites for hydroxylation is 1. The maximum Gasteiger partial charge on any atom is 0.297 e. The summed E-state index contributed by atoms with van der Waals surface area (Å²) in [5, 5.41) is 0. The summed E-state index contributed by atoms with van der Waals surface area (Å²) in [7, 11) is 1.45. The highest BCUT2D eigenvalue weighted by molar-refractivity contribution is 5.80. The molecule has 1 saturated heterocycles. The third-order valence-corrected chi connectivity index (χ3v) is 5.55. The predicted molar refractivity (Wildman–Crippen MR) is 109 cm³/mol. The summed E-state index contributed by atoms with van der Waals surface area (Å²) in [6.45, 7) is 2.90. The third-order valence-electron chi connectivity index (χ3n) is 5.55. The number of hydrogen-bond donors (Lipinski definition) is 0. The van der Waals surface area contributed by atoms with Crippen LogP contribution in [0.2, 0.25) is 0 Å². The molecule has 1 aliphatic rings. The number of rotatable bonds is 10. The highest BCUT2D eigenvalue weighted by Crippen LogP contribution is 2.32. The topological polar surface area (TPSA) is 62.6 Å². The summed E-state index contributed by atoms with van der Waals surface area (Å²) in [5.74, 6) is -1.99. The van der Waals surface area contributed by atoms with Gasteiger partial charge in [0, 0.05) is 19.5 Å². The van der Waals surface area contributed by atoms with Gasteiger partial charge in [-0.25, -0.2) is 17.6 Å². The average Bonchev–Trinajstić information content (AvgIpc) is 3.05. The fourth-order valence-corrected chi connectivity index (χ4v) is 3.94. The molecule has 0 aliphatic carbocycles. The van der Waals surface area contributed by atoms with E-state index in [0.717, 1.165) is 19.3 Å². The molecule has 2 heterocycles. The van der Waals surface area contributed by atoms with Crippen LogP contribution in [0.3, 0.4) is 0 Å². The van der Waals surface area contributed by atoms with Gasteiger partial charge in [0.2, 0.25) is 0 Å². The Bertz CT molecular complexity index is 942. The zero-order chi connectivity index (χ0) is 23.4. The Labute approximate surface area is 183 Å². The van der Waals surface area contributed by atoms with Crippen LogP contribution in [0.1, 0.15) is 46.0 Å². The van der Waals surface area contributed by atoms with Crippen LogP contribution in [0, 0.1) is 17.6 Å². The highest BCUT2D eigenvalue weighted by Gasteiger charge is 2.27. The first-order valence-corrected chi connectivity index (χ1v) is 10.7. The van der Waals surface area contributed by atoms with Crippen LogP contribution in [0.5, 0.6) is 11.8 Å². The number of alkyl halides is 2. The molecule has 1 aromatic heterocycles. The van der Waals surface area contributed by atoms with Gasteiger partial charge in [-0.05, 0) is 38.5 Å². The fourth-order valence-electron chi connectivity index (χ4n) is 3.94. The van der Waals surface area contributed by atoms with Crippen LogP contribution in [-0.4, -0.2) is 47.2 Å². The summed E-state index contributed by atoms with van der Waals surface area (Å²) in [6.07, 6.45) is 0.684. The molecule has 6 nitrogen and oxygen atoms in total. The standard InChI is InChI=1S/C22H28F4N2O4/c1-12(8-13(2)29)4-5-14-6-7-15(10-30-14)32-22-27-20-16(23)9-17(31-11-18(24)25)19(26)21(20)28(22)3/h9,12,14-15,18H,4-8,10-11H2,1-3H3/t12-,14+,15+/m0/s1. The Balaban J connectivity index is 1.62. The molecule has 3 atom stereocenters. The lowest BCUT2D eigenvalue weighted by Gasteiger charge is -2.29. The highest BCUT2D eigenvalue weighted by atomic mass is 19.3. The second-order valence-electron chi connectivity index (χ2n) is 8.38. The maximum absolute atomic E-state index is 14.7. The zero-order valence-electron chi connectivity index (χ0n) is 18.4. The molecule has 0 unspecified atom stereocenters. The first-order chi connectivity index (χ1) is 15.2. The van der Waals surface area contributed by atoms with E-state index in [1.165, 1.54) is 11.6 Å². The molecule has 0 radical (unpaired) electrons.